The van der Waals surface area contributed by atoms with Crippen molar-refractivity contribution in [2.24, 2.45) is 0 Å². The van der Waals surface area contributed by atoms with Gasteiger partial charge in [0, 0.05) is 12.2 Å². The molecular formula is C13H17NO. The van der Waals surface area contributed by atoms with Crippen molar-refractivity contribution in [3.05, 3.63) is 29.8 Å². The summed E-state index contributed by atoms with van der Waals surface area (Å²) in [5.41, 5.74) is 1.89. The van der Waals surface area contributed by atoms with Crippen molar-refractivity contribution < 1.29 is 4.79 Å². The fraction of sp³-hybridized carbons (Fsp3) is 0.462. The summed E-state index contributed by atoms with van der Waals surface area (Å²) < 4.78 is 0. The Morgan fingerprint density at radius 1 is 1.27 bits per heavy atom. The van der Waals surface area contributed by atoms with Gasteiger partial charge in [-0.05, 0) is 31.9 Å². The van der Waals surface area contributed by atoms with Crippen molar-refractivity contribution in [3.8, 4) is 0 Å². The van der Waals surface area contributed by atoms with Gasteiger partial charge in [-0.2, -0.15) is 0 Å². The Hall–Kier alpha value is -1.31. The van der Waals surface area contributed by atoms with Crippen LogP contribution < -0.4 is 4.90 Å². The van der Waals surface area contributed by atoms with Crippen LogP contribution >= 0.6 is 0 Å². The molecule has 2 nitrogen and oxygen atoms in total. The van der Waals surface area contributed by atoms with Gasteiger partial charge in [-0.3, -0.25) is 4.79 Å². The van der Waals surface area contributed by atoms with E-state index in [1.807, 2.05) is 36.9 Å². The molecule has 1 aliphatic heterocycles. The molecule has 0 aliphatic carbocycles. The average Bonchev–Trinajstić information content (AvgIpc) is 2.42. The zero-order chi connectivity index (χ0) is 11.1. The van der Waals surface area contributed by atoms with Gasteiger partial charge >= 0.3 is 0 Å². The lowest BCUT2D eigenvalue weighted by Gasteiger charge is -2.19. The molecule has 1 amide bonds. The van der Waals surface area contributed by atoms with E-state index in [0.717, 1.165) is 24.2 Å². The van der Waals surface area contributed by atoms with Crippen LogP contribution in [0.4, 0.5) is 5.69 Å². The van der Waals surface area contributed by atoms with Crippen molar-refractivity contribution in [2.45, 2.75) is 32.6 Å². The van der Waals surface area contributed by atoms with Crippen LogP contribution in [0.2, 0.25) is 0 Å². The maximum atomic E-state index is 12.2. The maximum absolute atomic E-state index is 12.2. The molecule has 0 spiro atoms. The molecule has 0 atom stereocenters. The first-order valence-electron chi connectivity index (χ1n) is 5.50. The van der Waals surface area contributed by atoms with Crippen LogP contribution in [0.15, 0.2) is 24.3 Å². The third-order valence-corrected chi connectivity index (χ3v) is 3.10. The summed E-state index contributed by atoms with van der Waals surface area (Å²) in [7, 11) is 0. The first kappa shape index (κ1) is 10.2. The molecule has 15 heavy (non-hydrogen) atoms. The van der Waals surface area contributed by atoms with Crippen LogP contribution in [-0.2, 0) is 10.2 Å². The van der Waals surface area contributed by atoms with E-state index in [0.29, 0.717) is 0 Å². The second-order valence-electron chi connectivity index (χ2n) is 4.60. The van der Waals surface area contributed by atoms with Crippen molar-refractivity contribution in [3.63, 3.8) is 0 Å². The quantitative estimate of drug-likeness (QED) is 0.723. The van der Waals surface area contributed by atoms with Gasteiger partial charge in [-0.15, -0.1) is 0 Å². The van der Waals surface area contributed by atoms with E-state index in [4.69, 9.17) is 0 Å². The Morgan fingerprint density at radius 3 is 2.60 bits per heavy atom. The van der Waals surface area contributed by atoms with Crippen LogP contribution in [0.1, 0.15) is 32.8 Å². The standard InChI is InChI=1S/C13H17NO/c1-4-9-14-11-8-6-5-7-10(11)13(2,3)12(14)15/h5-8H,4,9H2,1-3H3. The van der Waals surface area contributed by atoms with Crippen molar-refractivity contribution in [2.75, 3.05) is 11.4 Å². The average molecular weight is 203 g/mol. The van der Waals surface area contributed by atoms with Crippen LogP contribution in [0.5, 0.6) is 0 Å². The second-order valence-corrected chi connectivity index (χ2v) is 4.60. The minimum Gasteiger partial charge on any atom is -0.311 e. The van der Waals surface area contributed by atoms with Crippen molar-refractivity contribution >= 4 is 11.6 Å². The molecule has 1 aromatic rings. The van der Waals surface area contributed by atoms with Crippen LogP contribution in [0, 0.1) is 0 Å². The molecule has 0 N–H and O–H groups in total. The van der Waals surface area contributed by atoms with Gasteiger partial charge in [0.25, 0.3) is 0 Å². The van der Waals surface area contributed by atoms with Gasteiger partial charge in [0.2, 0.25) is 5.91 Å². The lowest BCUT2D eigenvalue weighted by Crippen LogP contribution is -2.36. The van der Waals surface area contributed by atoms with E-state index in [9.17, 15) is 4.79 Å². The molecule has 2 heteroatoms. The first-order chi connectivity index (χ1) is 7.09. The zero-order valence-corrected chi connectivity index (χ0v) is 9.58. The smallest absolute Gasteiger partial charge is 0.237 e. The van der Waals surface area contributed by atoms with Crippen molar-refractivity contribution in [1.82, 2.24) is 0 Å². The number of carbonyl (C=O) groups is 1. The first-order valence-corrected chi connectivity index (χ1v) is 5.50. The summed E-state index contributed by atoms with van der Waals surface area (Å²) in [4.78, 5) is 14.1. The molecule has 1 heterocycles. The number of amides is 1. The monoisotopic (exact) mass is 203 g/mol. The van der Waals surface area contributed by atoms with Crippen LogP contribution in [-0.4, -0.2) is 12.5 Å². The van der Waals surface area contributed by atoms with Gasteiger partial charge < -0.3 is 4.90 Å². The Balaban J connectivity index is 2.52. The third kappa shape index (κ3) is 1.36. The SMILES string of the molecule is CCCN1C(=O)C(C)(C)c2ccccc21. The fourth-order valence-electron chi connectivity index (χ4n) is 2.25. The van der Waals surface area contributed by atoms with Gasteiger partial charge in [-0.25, -0.2) is 0 Å². The highest BCUT2D eigenvalue weighted by Gasteiger charge is 2.42. The Kier molecular flexibility index (Phi) is 2.29. The van der Waals surface area contributed by atoms with Crippen LogP contribution in [0.25, 0.3) is 0 Å². The second kappa shape index (κ2) is 3.37. The number of anilines is 1. The van der Waals surface area contributed by atoms with E-state index in [2.05, 4.69) is 13.0 Å². The van der Waals surface area contributed by atoms with Crippen molar-refractivity contribution in [1.29, 1.82) is 0 Å². The fourth-order valence-corrected chi connectivity index (χ4v) is 2.25. The number of rotatable bonds is 2. The summed E-state index contributed by atoms with van der Waals surface area (Å²) in [6, 6.07) is 8.10. The zero-order valence-electron chi connectivity index (χ0n) is 9.58. The van der Waals surface area contributed by atoms with Gasteiger partial charge in [-0.1, -0.05) is 25.1 Å². The number of hydrogen-bond donors (Lipinski definition) is 0. The van der Waals surface area contributed by atoms with Gasteiger partial charge in [0.15, 0.2) is 0 Å². The molecule has 0 radical (unpaired) electrons. The van der Waals surface area contributed by atoms with E-state index >= 15 is 0 Å². The topological polar surface area (TPSA) is 20.3 Å². The minimum absolute atomic E-state index is 0.227. The molecule has 0 aromatic heterocycles. The Bertz CT molecular complexity index is 395. The maximum Gasteiger partial charge on any atom is 0.237 e. The lowest BCUT2D eigenvalue weighted by molar-refractivity contribution is -0.122. The largest absolute Gasteiger partial charge is 0.311 e. The number of fused-ring (bicyclic) bond motifs is 1. The number of carbonyl (C=O) groups excluding carboxylic acids is 1. The van der Waals surface area contributed by atoms with E-state index in [1.54, 1.807) is 0 Å². The summed E-state index contributed by atoms with van der Waals surface area (Å²) in [5, 5.41) is 0. The molecule has 80 valence electrons. The predicted octanol–water partition coefficient (Wildman–Crippen LogP) is 2.72. The summed E-state index contributed by atoms with van der Waals surface area (Å²) in [5.74, 6) is 0.227. The van der Waals surface area contributed by atoms with Gasteiger partial charge in [0.1, 0.15) is 0 Å². The molecule has 0 fully saturated rings. The van der Waals surface area contributed by atoms with E-state index in [-0.39, 0.29) is 11.3 Å². The summed E-state index contributed by atoms with van der Waals surface area (Å²) in [6.45, 7) is 6.92. The summed E-state index contributed by atoms with van der Waals surface area (Å²) in [6.07, 6.45) is 0.996. The molecule has 0 saturated heterocycles. The molecule has 1 aromatic carbocycles. The lowest BCUT2D eigenvalue weighted by atomic mass is 9.86. The van der Waals surface area contributed by atoms with E-state index in [1.165, 1.54) is 0 Å². The molecule has 2 rings (SSSR count). The number of para-hydroxylation sites is 1. The highest BCUT2D eigenvalue weighted by Crippen LogP contribution is 2.41. The number of nitrogens with zero attached hydrogens (tertiary/aromatic N) is 1. The highest BCUT2D eigenvalue weighted by molar-refractivity contribution is 6.07. The van der Waals surface area contributed by atoms with Gasteiger partial charge in [0.05, 0.1) is 5.41 Å². The number of hydrogen-bond acceptors (Lipinski definition) is 1. The molecular weight excluding hydrogens is 186 g/mol. The highest BCUT2D eigenvalue weighted by atomic mass is 16.2. The van der Waals surface area contributed by atoms with E-state index < -0.39 is 0 Å². The number of benzene rings is 1. The summed E-state index contributed by atoms with van der Waals surface area (Å²) >= 11 is 0. The molecule has 0 saturated carbocycles. The molecule has 1 aliphatic rings. The Morgan fingerprint density at radius 2 is 1.93 bits per heavy atom. The third-order valence-electron chi connectivity index (χ3n) is 3.10. The van der Waals surface area contributed by atoms with Crippen LogP contribution in [0.3, 0.4) is 0 Å². The predicted molar refractivity (Wildman–Crippen MR) is 62.1 cm³/mol. The minimum atomic E-state index is -0.355. The molecule has 0 unspecified atom stereocenters. The normalized spacial score (nSPS) is 18.1. The Labute approximate surface area is 90.9 Å². The molecule has 0 bridgehead atoms.